The molecule has 1 aliphatic heterocycles. The second kappa shape index (κ2) is 9.43. The van der Waals surface area contributed by atoms with Gasteiger partial charge in [0.15, 0.2) is 5.96 Å². The number of thiophene rings is 1. The van der Waals surface area contributed by atoms with Crippen LogP contribution in [0.1, 0.15) is 22.9 Å². The minimum Gasteiger partial charge on any atom is -0.472 e. The average molecular weight is 460 g/mol. The summed E-state index contributed by atoms with van der Waals surface area (Å²) in [5, 5.41) is 8.93. The molecular weight excluding hydrogens is 435 g/mol. The molecule has 1 aliphatic rings. The molecule has 1 unspecified atom stereocenters. The second-order valence-electron chi connectivity index (χ2n) is 5.88. The summed E-state index contributed by atoms with van der Waals surface area (Å²) in [5.41, 5.74) is 2.61. The lowest BCUT2D eigenvalue weighted by Crippen LogP contribution is -2.47. The van der Waals surface area contributed by atoms with Gasteiger partial charge in [-0.1, -0.05) is 0 Å². The SMILES string of the molecule is CN=C(NCc1ccoc1)NCC(C)N1CCc2sccc2C1.I. The highest BCUT2D eigenvalue weighted by Crippen LogP contribution is 2.24. The standard InChI is InChI=1S/C17H24N4OS.HI/c1-13(21-6-3-16-15(11-21)5-8-23-16)9-19-17(18-2)20-10-14-4-7-22-12-14;/h4-5,7-8,12-13H,3,6,9-11H2,1-2H3,(H2,18,19,20);1H. The van der Waals surface area contributed by atoms with Crippen molar-refractivity contribution in [3.63, 3.8) is 0 Å². The summed E-state index contributed by atoms with van der Waals surface area (Å²) in [6.07, 6.45) is 4.60. The fourth-order valence-electron chi connectivity index (χ4n) is 2.82. The van der Waals surface area contributed by atoms with Crippen LogP contribution in [0.2, 0.25) is 0 Å². The summed E-state index contributed by atoms with van der Waals surface area (Å²) in [5.74, 6) is 0.825. The number of nitrogens with one attached hydrogen (secondary N) is 2. The van der Waals surface area contributed by atoms with Gasteiger partial charge in [0.25, 0.3) is 0 Å². The maximum Gasteiger partial charge on any atom is 0.191 e. The first-order chi connectivity index (χ1) is 11.3. The van der Waals surface area contributed by atoms with Crippen LogP contribution in [0.15, 0.2) is 39.4 Å². The average Bonchev–Trinajstić information content (AvgIpc) is 3.25. The van der Waals surface area contributed by atoms with E-state index in [1.807, 2.05) is 17.4 Å². The van der Waals surface area contributed by atoms with Crippen molar-refractivity contribution in [3.05, 3.63) is 46.0 Å². The zero-order valence-electron chi connectivity index (χ0n) is 14.1. The first-order valence-corrected chi connectivity index (χ1v) is 8.89. The van der Waals surface area contributed by atoms with Crippen LogP contribution < -0.4 is 10.6 Å². The number of rotatable bonds is 5. The van der Waals surface area contributed by atoms with Gasteiger partial charge in [0.05, 0.1) is 12.5 Å². The number of halogens is 1. The van der Waals surface area contributed by atoms with Crippen molar-refractivity contribution in [2.45, 2.75) is 32.5 Å². The third kappa shape index (κ3) is 4.97. The predicted octanol–water partition coefficient (Wildman–Crippen LogP) is 3.07. The lowest BCUT2D eigenvalue weighted by atomic mass is 10.1. The molecule has 0 aliphatic carbocycles. The molecular formula is C17H25IN4OS. The molecule has 2 aromatic rings. The molecule has 0 fully saturated rings. The molecule has 0 amide bonds. The Morgan fingerprint density at radius 2 is 2.29 bits per heavy atom. The largest absolute Gasteiger partial charge is 0.472 e. The Balaban J connectivity index is 0.00000208. The molecule has 7 heteroatoms. The van der Waals surface area contributed by atoms with Crippen molar-refractivity contribution < 1.29 is 4.42 Å². The molecule has 132 valence electrons. The van der Waals surface area contributed by atoms with E-state index >= 15 is 0 Å². The number of hydrogen-bond acceptors (Lipinski definition) is 4. The van der Waals surface area contributed by atoms with Gasteiger partial charge in [-0.25, -0.2) is 0 Å². The Morgan fingerprint density at radius 3 is 3.04 bits per heavy atom. The fraction of sp³-hybridized carbons (Fsp3) is 0.471. The highest BCUT2D eigenvalue weighted by Gasteiger charge is 2.21. The van der Waals surface area contributed by atoms with Crippen molar-refractivity contribution in [3.8, 4) is 0 Å². The molecule has 0 aromatic carbocycles. The third-order valence-corrected chi connectivity index (χ3v) is 5.31. The van der Waals surface area contributed by atoms with Crippen LogP contribution in [-0.4, -0.2) is 37.0 Å². The molecule has 0 bridgehead atoms. The molecule has 0 radical (unpaired) electrons. The van der Waals surface area contributed by atoms with Gasteiger partial charge in [-0.2, -0.15) is 0 Å². The lowest BCUT2D eigenvalue weighted by Gasteiger charge is -2.32. The van der Waals surface area contributed by atoms with E-state index < -0.39 is 0 Å². The summed E-state index contributed by atoms with van der Waals surface area (Å²) in [4.78, 5) is 8.37. The molecule has 2 N–H and O–H groups in total. The molecule has 24 heavy (non-hydrogen) atoms. The van der Waals surface area contributed by atoms with Gasteiger partial charge in [-0.05, 0) is 36.4 Å². The topological polar surface area (TPSA) is 52.8 Å². The Kier molecular flexibility index (Phi) is 7.57. The van der Waals surface area contributed by atoms with E-state index in [0.717, 1.165) is 31.2 Å². The number of guanidine groups is 1. The van der Waals surface area contributed by atoms with Gasteiger partial charge in [0, 0.05) is 49.7 Å². The lowest BCUT2D eigenvalue weighted by molar-refractivity contribution is 0.192. The van der Waals surface area contributed by atoms with Crippen molar-refractivity contribution in [1.29, 1.82) is 0 Å². The smallest absolute Gasteiger partial charge is 0.191 e. The van der Waals surface area contributed by atoms with E-state index in [0.29, 0.717) is 12.6 Å². The Hall–Kier alpha value is -1.06. The van der Waals surface area contributed by atoms with Crippen molar-refractivity contribution in [2.75, 3.05) is 20.1 Å². The molecule has 0 saturated heterocycles. The van der Waals surface area contributed by atoms with Crippen LogP contribution in [0.5, 0.6) is 0 Å². The van der Waals surface area contributed by atoms with E-state index in [-0.39, 0.29) is 24.0 Å². The maximum atomic E-state index is 5.07. The minimum atomic E-state index is 0. The first-order valence-electron chi connectivity index (χ1n) is 8.01. The molecule has 0 spiro atoms. The predicted molar refractivity (Wildman–Crippen MR) is 110 cm³/mol. The minimum absolute atomic E-state index is 0. The Morgan fingerprint density at radius 1 is 1.42 bits per heavy atom. The van der Waals surface area contributed by atoms with Gasteiger partial charge in [-0.15, -0.1) is 35.3 Å². The maximum absolute atomic E-state index is 5.07. The second-order valence-corrected chi connectivity index (χ2v) is 6.88. The van der Waals surface area contributed by atoms with Gasteiger partial charge in [-0.3, -0.25) is 9.89 Å². The molecule has 5 nitrogen and oxygen atoms in total. The van der Waals surface area contributed by atoms with Crippen LogP contribution in [0, 0.1) is 0 Å². The van der Waals surface area contributed by atoms with Gasteiger partial charge in [0.1, 0.15) is 0 Å². The Bertz CT molecular complexity index is 641. The number of nitrogens with zero attached hydrogens (tertiary/aromatic N) is 2. The van der Waals surface area contributed by atoms with E-state index in [9.17, 15) is 0 Å². The monoisotopic (exact) mass is 460 g/mol. The zero-order chi connectivity index (χ0) is 16.1. The number of fused-ring (bicyclic) bond motifs is 1. The normalized spacial score (nSPS) is 16.2. The van der Waals surface area contributed by atoms with Crippen LogP contribution >= 0.6 is 35.3 Å². The molecule has 3 rings (SSSR count). The summed E-state index contributed by atoms with van der Waals surface area (Å²) >= 11 is 1.89. The van der Waals surface area contributed by atoms with E-state index in [4.69, 9.17) is 4.42 Å². The summed E-state index contributed by atoms with van der Waals surface area (Å²) in [6.45, 7) is 6.06. The third-order valence-electron chi connectivity index (χ3n) is 4.29. The van der Waals surface area contributed by atoms with Gasteiger partial charge in [0.2, 0.25) is 0 Å². The van der Waals surface area contributed by atoms with Gasteiger partial charge >= 0.3 is 0 Å². The van der Waals surface area contributed by atoms with Crippen LogP contribution in [-0.2, 0) is 19.5 Å². The van der Waals surface area contributed by atoms with E-state index in [1.165, 1.54) is 12.0 Å². The fourth-order valence-corrected chi connectivity index (χ4v) is 3.71. The van der Waals surface area contributed by atoms with Crippen LogP contribution in [0.3, 0.4) is 0 Å². The molecule has 3 heterocycles. The van der Waals surface area contributed by atoms with Crippen LogP contribution in [0.25, 0.3) is 0 Å². The molecule has 1 atom stereocenters. The summed E-state index contributed by atoms with van der Waals surface area (Å²) in [7, 11) is 1.80. The van der Waals surface area contributed by atoms with Crippen molar-refractivity contribution in [2.24, 2.45) is 4.99 Å². The summed E-state index contributed by atoms with van der Waals surface area (Å²) < 4.78 is 5.07. The zero-order valence-corrected chi connectivity index (χ0v) is 17.3. The highest BCUT2D eigenvalue weighted by atomic mass is 127. The Labute approximate surface area is 164 Å². The number of furan rings is 1. The number of hydrogen-bond donors (Lipinski definition) is 2. The first kappa shape index (κ1) is 19.3. The number of aliphatic imine (C=N–C) groups is 1. The van der Waals surface area contributed by atoms with E-state index in [2.05, 4.69) is 38.9 Å². The highest BCUT2D eigenvalue weighted by molar-refractivity contribution is 14.0. The van der Waals surface area contributed by atoms with Crippen molar-refractivity contribution in [1.82, 2.24) is 15.5 Å². The quantitative estimate of drug-likeness (QED) is 0.409. The molecule has 2 aromatic heterocycles. The van der Waals surface area contributed by atoms with Crippen molar-refractivity contribution >= 4 is 41.3 Å². The summed E-state index contributed by atoms with van der Waals surface area (Å²) in [6, 6.07) is 4.68. The van der Waals surface area contributed by atoms with E-state index in [1.54, 1.807) is 24.5 Å². The van der Waals surface area contributed by atoms with Gasteiger partial charge < -0.3 is 15.1 Å². The molecule has 0 saturated carbocycles. The van der Waals surface area contributed by atoms with Crippen LogP contribution in [0.4, 0.5) is 0 Å².